The summed E-state index contributed by atoms with van der Waals surface area (Å²) in [5, 5.41) is 3.01. The highest BCUT2D eigenvalue weighted by Gasteiger charge is 2.16. The van der Waals surface area contributed by atoms with Gasteiger partial charge in [-0.15, -0.1) is 0 Å². The number of fused-ring (bicyclic) bond motifs is 1. The van der Waals surface area contributed by atoms with Crippen LogP contribution < -0.4 is 10.9 Å². The molecule has 134 valence electrons. The lowest BCUT2D eigenvalue weighted by atomic mass is 10.2. The summed E-state index contributed by atoms with van der Waals surface area (Å²) in [6, 6.07) is 10.1. The minimum atomic E-state index is -0.461. The van der Waals surface area contributed by atoms with Gasteiger partial charge >= 0.3 is 0 Å². The predicted molar refractivity (Wildman–Crippen MR) is 94.5 cm³/mol. The van der Waals surface area contributed by atoms with Crippen molar-refractivity contribution in [3.63, 3.8) is 0 Å². The van der Waals surface area contributed by atoms with Gasteiger partial charge in [-0.1, -0.05) is 12.1 Å². The first kappa shape index (κ1) is 17.4. The van der Waals surface area contributed by atoms with Crippen LogP contribution in [0.4, 0.5) is 0 Å². The Bertz CT molecular complexity index is 978. The molecule has 0 saturated heterocycles. The molecule has 0 atom stereocenters. The number of likely N-dealkylation sites (N-methyl/N-ethyl adjacent to an activating group) is 1. The lowest BCUT2D eigenvalue weighted by Gasteiger charge is -2.20. The maximum Gasteiger partial charge on any atom is 0.287 e. The fourth-order valence-corrected chi connectivity index (χ4v) is 2.53. The molecular weight excluding hydrogens is 336 g/mol. The van der Waals surface area contributed by atoms with Crippen LogP contribution in [-0.4, -0.2) is 39.8 Å². The van der Waals surface area contributed by atoms with E-state index in [0.29, 0.717) is 23.3 Å². The van der Waals surface area contributed by atoms with Gasteiger partial charge in [0.15, 0.2) is 5.76 Å². The number of amides is 2. The molecule has 8 heteroatoms. The summed E-state index contributed by atoms with van der Waals surface area (Å²) in [6.07, 6.45) is 1.39. The van der Waals surface area contributed by atoms with Crippen LogP contribution in [0.1, 0.15) is 23.3 Å². The molecule has 26 heavy (non-hydrogen) atoms. The van der Waals surface area contributed by atoms with Crippen LogP contribution in [0.2, 0.25) is 0 Å². The second-order valence-electron chi connectivity index (χ2n) is 5.60. The number of furan rings is 1. The van der Waals surface area contributed by atoms with E-state index >= 15 is 0 Å². The van der Waals surface area contributed by atoms with E-state index < -0.39 is 5.91 Å². The van der Waals surface area contributed by atoms with Crippen molar-refractivity contribution in [1.82, 2.24) is 20.2 Å². The average Bonchev–Trinajstić information content (AvgIpc) is 3.19. The van der Waals surface area contributed by atoms with Crippen molar-refractivity contribution in [3.8, 4) is 0 Å². The van der Waals surface area contributed by atoms with E-state index in [1.165, 1.54) is 17.2 Å². The summed E-state index contributed by atoms with van der Waals surface area (Å²) < 4.78 is 4.98. The predicted octanol–water partition coefficient (Wildman–Crippen LogP) is 1.29. The molecule has 2 heterocycles. The summed E-state index contributed by atoms with van der Waals surface area (Å²) in [5.41, 5.74) is 0.320. The maximum absolute atomic E-state index is 12.4. The average molecular weight is 354 g/mol. The van der Waals surface area contributed by atoms with Crippen LogP contribution in [-0.2, 0) is 11.3 Å². The SMILES string of the molecule is CCN(Cc1nc2ccccc2c(=O)[nH]1)C(=O)CNC(=O)c1ccco1. The molecule has 0 aliphatic heterocycles. The van der Waals surface area contributed by atoms with Crippen molar-refractivity contribution >= 4 is 22.7 Å². The number of nitrogens with one attached hydrogen (secondary N) is 2. The summed E-state index contributed by atoms with van der Waals surface area (Å²) in [7, 11) is 0. The van der Waals surface area contributed by atoms with Gasteiger partial charge in [0.05, 0.1) is 30.3 Å². The van der Waals surface area contributed by atoms with Gasteiger partial charge in [-0.2, -0.15) is 0 Å². The molecule has 0 spiro atoms. The van der Waals surface area contributed by atoms with Gasteiger partial charge in [0, 0.05) is 6.54 Å². The highest BCUT2D eigenvalue weighted by molar-refractivity contribution is 5.94. The Morgan fingerprint density at radius 1 is 1.23 bits per heavy atom. The number of hydrogen-bond acceptors (Lipinski definition) is 5. The van der Waals surface area contributed by atoms with Crippen LogP contribution in [0.15, 0.2) is 51.9 Å². The van der Waals surface area contributed by atoms with E-state index in [4.69, 9.17) is 4.42 Å². The van der Waals surface area contributed by atoms with Gasteiger partial charge in [0.2, 0.25) is 5.91 Å². The van der Waals surface area contributed by atoms with Gasteiger partial charge in [-0.3, -0.25) is 14.4 Å². The van der Waals surface area contributed by atoms with Crippen LogP contribution in [0.3, 0.4) is 0 Å². The van der Waals surface area contributed by atoms with Crippen molar-refractivity contribution < 1.29 is 14.0 Å². The van der Waals surface area contributed by atoms with Gasteiger partial charge in [-0.25, -0.2) is 4.98 Å². The number of para-hydroxylation sites is 1. The van der Waals surface area contributed by atoms with E-state index in [2.05, 4.69) is 15.3 Å². The molecule has 1 aromatic carbocycles. The van der Waals surface area contributed by atoms with E-state index in [0.717, 1.165) is 0 Å². The highest BCUT2D eigenvalue weighted by atomic mass is 16.3. The fourth-order valence-electron chi connectivity index (χ4n) is 2.53. The number of benzene rings is 1. The van der Waals surface area contributed by atoms with Crippen molar-refractivity contribution in [2.24, 2.45) is 0 Å². The number of carbonyl (C=O) groups excluding carboxylic acids is 2. The summed E-state index contributed by atoms with van der Waals surface area (Å²) in [6.45, 7) is 2.19. The number of rotatable bonds is 6. The van der Waals surface area contributed by atoms with Crippen LogP contribution in [0.5, 0.6) is 0 Å². The van der Waals surface area contributed by atoms with Crippen LogP contribution in [0.25, 0.3) is 10.9 Å². The zero-order valence-electron chi connectivity index (χ0n) is 14.2. The molecule has 0 bridgehead atoms. The van der Waals surface area contributed by atoms with E-state index in [9.17, 15) is 14.4 Å². The third kappa shape index (κ3) is 3.80. The second kappa shape index (κ2) is 7.64. The van der Waals surface area contributed by atoms with Gasteiger partial charge in [-0.05, 0) is 31.2 Å². The minimum Gasteiger partial charge on any atom is -0.459 e. The molecule has 8 nitrogen and oxygen atoms in total. The number of carbonyl (C=O) groups is 2. The Balaban J connectivity index is 1.68. The molecule has 2 aromatic heterocycles. The summed E-state index contributed by atoms with van der Waals surface area (Å²) >= 11 is 0. The molecule has 2 N–H and O–H groups in total. The number of H-pyrrole nitrogens is 1. The zero-order valence-corrected chi connectivity index (χ0v) is 14.2. The number of hydrogen-bond donors (Lipinski definition) is 2. The molecule has 3 aromatic rings. The van der Waals surface area contributed by atoms with Gasteiger partial charge < -0.3 is 19.6 Å². The van der Waals surface area contributed by atoms with Crippen molar-refractivity contribution in [3.05, 3.63) is 64.6 Å². The molecule has 0 aliphatic rings. The lowest BCUT2D eigenvalue weighted by Crippen LogP contribution is -2.40. The Morgan fingerprint density at radius 2 is 2.04 bits per heavy atom. The third-order valence-corrected chi connectivity index (χ3v) is 3.88. The maximum atomic E-state index is 12.4. The van der Waals surface area contributed by atoms with E-state index in [1.807, 2.05) is 6.92 Å². The monoisotopic (exact) mass is 354 g/mol. The van der Waals surface area contributed by atoms with Crippen molar-refractivity contribution in [1.29, 1.82) is 0 Å². The molecule has 0 fully saturated rings. The Morgan fingerprint density at radius 3 is 2.77 bits per heavy atom. The quantitative estimate of drug-likeness (QED) is 0.693. The standard InChI is InChI=1S/C18H18N4O4/c1-2-22(16(23)10-19-18(25)14-8-5-9-26-14)11-15-20-13-7-4-3-6-12(13)17(24)21-15/h3-9H,2,10-11H2,1H3,(H,19,25)(H,20,21,24). The first-order valence-corrected chi connectivity index (χ1v) is 8.16. The third-order valence-electron chi connectivity index (χ3n) is 3.88. The smallest absolute Gasteiger partial charge is 0.287 e. The molecular formula is C18H18N4O4. The molecule has 0 radical (unpaired) electrons. The molecule has 0 saturated carbocycles. The van der Waals surface area contributed by atoms with E-state index in [1.54, 1.807) is 30.3 Å². The Kier molecular flexibility index (Phi) is 5.12. The Hall–Kier alpha value is -3.42. The number of aromatic amines is 1. The normalized spacial score (nSPS) is 10.7. The summed E-state index contributed by atoms with van der Waals surface area (Å²) in [5.74, 6) is -0.220. The van der Waals surface area contributed by atoms with Crippen LogP contribution >= 0.6 is 0 Å². The summed E-state index contributed by atoms with van der Waals surface area (Å²) in [4.78, 5) is 44.9. The molecule has 0 aliphatic carbocycles. The lowest BCUT2D eigenvalue weighted by molar-refractivity contribution is -0.130. The van der Waals surface area contributed by atoms with Crippen LogP contribution in [0, 0.1) is 0 Å². The van der Waals surface area contributed by atoms with Gasteiger partial charge in [0.1, 0.15) is 5.82 Å². The van der Waals surface area contributed by atoms with Gasteiger partial charge in [0.25, 0.3) is 11.5 Å². The number of aromatic nitrogens is 2. The van der Waals surface area contributed by atoms with Crippen molar-refractivity contribution in [2.45, 2.75) is 13.5 Å². The first-order chi connectivity index (χ1) is 12.6. The largest absolute Gasteiger partial charge is 0.459 e. The molecule has 2 amide bonds. The second-order valence-corrected chi connectivity index (χ2v) is 5.60. The highest BCUT2D eigenvalue weighted by Crippen LogP contribution is 2.07. The van der Waals surface area contributed by atoms with Crippen molar-refractivity contribution in [2.75, 3.05) is 13.1 Å². The van der Waals surface area contributed by atoms with E-state index in [-0.39, 0.29) is 30.3 Å². The first-order valence-electron chi connectivity index (χ1n) is 8.16. The fraction of sp³-hybridized carbons (Fsp3) is 0.222. The zero-order chi connectivity index (χ0) is 18.5. The Labute approximate surface area is 148 Å². The minimum absolute atomic E-state index is 0.140. The molecule has 0 unspecified atom stereocenters. The number of nitrogens with zero attached hydrogens (tertiary/aromatic N) is 2. The molecule has 3 rings (SSSR count). The topological polar surface area (TPSA) is 108 Å².